The number of cyclic esters (lactones) is 1. The van der Waals surface area contributed by atoms with E-state index in [0.717, 1.165) is 0 Å². The quantitative estimate of drug-likeness (QED) is 0.517. The summed E-state index contributed by atoms with van der Waals surface area (Å²) in [7, 11) is 0. The number of esters is 1. The summed E-state index contributed by atoms with van der Waals surface area (Å²) >= 11 is 0. The number of fused-ring (bicyclic) bond motifs is 1. The SMILES string of the molecule is C[C@]1(CO)C2CCC(=O)[C@@H](C/C=C3/C(=O)OCC3O)[C@]2(C)CC[C@H]1O. The summed E-state index contributed by atoms with van der Waals surface area (Å²) in [6.07, 6.45) is 2.88. The van der Waals surface area contributed by atoms with Gasteiger partial charge in [-0.05, 0) is 37.0 Å². The third-order valence-electron chi connectivity index (χ3n) is 7.06. The average Bonchev–Trinajstić information content (AvgIpc) is 2.89. The molecule has 3 fully saturated rings. The molecule has 1 heterocycles. The standard InChI is InChI=1S/C19H28O6/c1-18-8-7-16(23)19(2,10-20)15(18)6-5-13(21)12(18)4-3-11-14(22)9-25-17(11)24/h3,12,14-16,20,22-23H,4-10H2,1-2H3/b11-3+/t12-,14?,15?,16-,18+,19+/m1/s1. The van der Waals surface area contributed by atoms with E-state index in [1.807, 2.05) is 6.92 Å². The Labute approximate surface area is 147 Å². The lowest BCUT2D eigenvalue weighted by atomic mass is 9.46. The highest BCUT2D eigenvalue weighted by atomic mass is 16.6. The molecule has 0 bridgehead atoms. The zero-order valence-corrected chi connectivity index (χ0v) is 14.9. The highest BCUT2D eigenvalue weighted by Gasteiger charge is 2.58. The number of aliphatic hydroxyl groups is 3. The maximum atomic E-state index is 12.7. The molecule has 6 atom stereocenters. The fourth-order valence-corrected chi connectivity index (χ4v) is 5.39. The molecule has 3 aliphatic rings. The maximum Gasteiger partial charge on any atom is 0.336 e. The van der Waals surface area contributed by atoms with Gasteiger partial charge < -0.3 is 20.1 Å². The van der Waals surface area contributed by atoms with Crippen molar-refractivity contribution in [1.82, 2.24) is 0 Å². The number of allylic oxidation sites excluding steroid dienone is 1. The van der Waals surface area contributed by atoms with Gasteiger partial charge in [-0.3, -0.25) is 4.79 Å². The molecular weight excluding hydrogens is 324 g/mol. The van der Waals surface area contributed by atoms with Crippen LogP contribution in [0.1, 0.15) is 46.0 Å². The summed E-state index contributed by atoms with van der Waals surface area (Å²) in [5.74, 6) is -0.599. The van der Waals surface area contributed by atoms with Gasteiger partial charge in [-0.15, -0.1) is 0 Å². The molecule has 1 aliphatic heterocycles. The highest BCUT2D eigenvalue weighted by molar-refractivity contribution is 5.92. The van der Waals surface area contributed by atoms with Gasteiger partial charge in [0.1, 0.15) is 18.5 Å². The lowest BCUT2D eigenvalue weighted by Crippen LogP contribution is -2.58. The van der Waals surface area contributed by atoms with E-state index in [1.54, 1.807) is 6.08 Å². The zero-order chi connectivity index (χ0) is 18.4. The van der Waals surface area contributed by atoms with Crippen molar-refractivity contribution in [2.45, 2.75) is 58.2 Å². The Balaban J connectivity index is 1.89. The molecule has 140 valence electrons. The van der Waals surface area contributed by atoms with Crippen molar-refractivity contribution in [3.05, 3.63) is 11.6 Å². The molecule has 6 heteroatoms. The highest BCUT2D eigenvalue weighted by Crippen LogP contribution is 2.59. The Hall–Kier alpha value is -1.24. The lowest BCUT2D eigenvalue weighted by Gasteiger charge is -2.58. The van der Waals surface area contributed by atoms with Gasteiger partial charge in [0, 0.05) is 17.8 Å². The molecule has 25 heavy (non-hydrogen) atoms. The van der Waals surface area contributed by atoms with E-state index in [0.29, 0.717) is 32.1 Å². The third-order valence-corrected chi connectivity index (χ3v) is 7.06. The smallest absolute Gasteiger partial charge is 0.336 e. The van der Waals surface area contributed by atoms with Crippen LogP contribution in [0.15, 0.2) is 11.6 Å². The van der Waals surface area contributed by atoms with Crippen LogP contribution >= 0.6 is 0 Å². The van der Waals surface area contributed by atoms with Gasteiger partial charge in [0.15, 0.2) is 0 Å². The predicted molar refractivity (Wildman–Crippen MR) is 89.4 cm³/mol. The van der Waals surface area contributed by atoms with E-state index >= 15 is 0 Å². The largest absolute Gasteiger partial charge is 0.459 e. The number of carbonyl (C=O) groups excluding carboxylic acids is 2. The molecule has 0 amide bonds. The fourth-order valence-electron chi connectivity index (χ4n) is 5.39. The van der Waals surface area contributed by atoms with E-state index in [-0.39, 0.29) is 41.8 Å². The Morgan fingerprint density at radius 2 is 1.96 bits per heavy atom. The van der Waals surface area contributed by atoms with E-state index in [2.05, 4.69) is 6.92 Å². The predicted octanol–water partition coefficient (Wildman–Crippen LogP) is 0.975. The summed E-state index contributed by atoms with van der Waals surface area (Å²) < 4.78 is 4.83. The molecule has 2 unspecified atom stereocenters. The van der Waals surface area contributed by atoms with Crippen LogP contribution in [0.2, 0.25) is 0 Å². The van der Waals surface area contributed by atoms with Crippen LogP contribution in [0.3, 0.4) is 0 Å². The first-order chi connectivity index (χ1) is 11.7. The second-order valence-corrected chi connectivity index (χ2v) is 8.34. The lowest BCUT2D eigenvalue weighted by molar-refractivity contribution is -0.170. The molecule has 6 nitrogen and oxygen atoms in total. The second kappa shape index (κ2) is 6.49. The van der Waals surface area contributed by atoms with Crippen molar-refractivity contribution >= 4 is 11.8 Å². The molecule has 3 rings (SSSR count). The first kappa shape index (κ1) is 18.5. The molecule has 1 saturated heterocycles. The minimum absolute atomic E-state index is 0.0298. The van der Waals surface area contributed by atoms with Crippen LogP contribution in [0.25, 0.3) is 0 Å². The molecule has 2 saturated carbocycles. The number of hydrogen-bond donors (Lipinski definition) is 3. The van der Waals surface area contributed by atoms with Gasteiger partial charge in [0.25, 0.3) is 0 Å². The third kappa shape index (κ3) is 2.84. The van der Waals surface area contributed by atoms with Crippen LogP contribution in [0.5, 0.6) is 0 Å². The number of hydrogen-bond acceptors (Lipinski definition) is 6. The van der Waals surface area contributed by atoms with Gasteiger partial charge in [0.2, 0.25) is 0 Å². The number of Topliss-reactive ketones (excluding diaryl/α,β-unsaturated/α-hetero) is 1. The van der Waals surface area contributed by atoms with Crippen LogP contribution < -0.4 is 0 Å². The van der Waals surface area contributed by atoms with E-state index in [1.165, 1.54) is 0 Å². The zero-order valence-electron chi connectivity index (χ0n) is 14.9. The van der Waals surface area contributed by atoms with E-state index in [9.17, 15) is 24.9 Å². The van der Waals surface area contributed by atoms with Crippen molar-refractivity contribution in [2.24, 2.45) is 22.7 Å². The fraction of sp³-hybridized carbons (Fsp3) is 0.789. The average molecular weight is 352 g/mol. The Bertz CT molecular complexity index is 599. The van der Waals surface area contributed by atoms with Crippen molar-refractivity contribution in [3.63, 3.8) is 0 Å². The first-order valence-electron chi connectivity index (χ1n) is 9.11. The van der Waals surface area contributed by atoms with Crippen molar-refractivity contribution in [2.75, 3.05) is 13.2 Å². The van der Waals surface area contributed by atoms with Crippen LogP contribution in [0.4, 0.5) is 0 Å². The van der Waals surface area contributed by atoms with Crippen LogP contribution in [0, 0.1) is 22.7 Å². The topological polar surface area (TPSA) is 104 Å². The van der Waals surface area contributed by atoms with Gasteiger partial charge in [-0.1, -0.05) is 19.9 Å². The molecule has 2 aliphatic carbocycles. The minimum atomic E-state index is -0.925. The van der Waals surface area contributed by atoms with Crippen LogP contribution in [-0.4, -0.2) is 52.5 Å². The second-order valence-electron chi connectivity index (χ2n) is 8.34. The Morgan fingerprint density at radius 1 is 1.24 bits per heavy atom. The Kier molecular flexibility index (Phi) is 4.81. The summed E-state index contributed by atoms with van der Waals surface area (Å²) in [6.45, 7) is 3.84. The van der Waals surface area contributed by atoms with Gasteiger partial charge in [-0.25, -0.2) is 4.79 Å². The van der Waals surface area contributed by atoms with Gasteiger partial charge in [-0.2, -0.15) is 0 Å². The summed E-state index contributed by atoms with van der Waals surface area (Å²) in [5.41, 5.74) is -0.721. The molecule has 0 aromatic rings. The Morgan fingerprint density at radius 3 is 2.56 bits per heavy atom. The van der Waals surface area contributed by atoms with Gasteiger partial charge in [0.05, 0.1) is 18.3 Å². The summed E-state index contributed by atoms with van der Waals surface area (Å²) in [6, 6.07) is 0. The van der Waals surface area contributed by atoms with Gasteiger partial charge >= 0.3 is 5.97 Å². The number of ether oxygens (including phenoxy) is 1. The molecule has 0 aromatic heterocycles. The summed E-state index contributed by atoms with van der Waals surface area (Å²) in [4.78, 5) is 24.4. The van der Waals surface area contributed by atoms with Crippen molar-refractivity contribution in [3.8, 4) is 0 Å². The number of aliphatic hydroxyl groups excluding tert-OH is 3. The number of ketones is 1. The number of rotatable bonds is 3. The molecule has 0 aromatic carbocycles. The van der Waals surface area contributed by atoms with Crippen molar-refractivity contribution < 1.29 is 29.6 Å². The first-order valence-corrected chi connectivity index (χ1v) is 9.11. The normalized spacial score (nSPS) is 46.2. The summed E-state index contributed by atoms with van der Waals surface area (Å²) in [5, 5.41) is 30.2. The molecule has 0 spiro atoms. The van der Waals surface area contributed by atoms with E-state index < -0.39 is 23.6 Å². The molecular formula is C19H28O6. The van der Waals surface area contributed by atoms with Crippen LogP contribution in [-0.2, 0) is 14.3 Å². The minimum Gasteiger partial charge on any atom is -0.459 e. The monoisotopic (exact) mass is 352 g/mol. The van der Waals surface area contributed by atoms with E-state index in [4.69, 9.17) is 4.74 Å². The van der Waals surface area contributed by atoms with Crippen molar-refractivity contribution in [1.29, 1.82) is 0 Å². The maximum absolute atomic E-state index is 12.7. The molecule has 0 radical (unpaired) electrons. The molecule has 3 N–H and O–H groups in total. The number of carbonyl (C=O) groups is 2.